The van der Waals surface area contributed by atoms with E-state index >= 15 is 0 Å². The van der Waals surface area contributed by atoms with Crippen molar-refractivity contribution in [2.75, 3.05) is 30.9 Å². The molecule has 0 saturated carbocycles. The first kappa shape index (κ1) is 22.1. The first-order chi connectivity index (χ1) is 15.5. The average molecular weight is 470 g/mol. The molecule has 6 nitrogen and oxygen atoms in total. The minimum absolute atomic E-state index is 0.162. The molecule has 8 heteroatoms. The number of rotatable bonds is 7. The predicted molar refractivity (Wildman–Crippen MR) is 127 cm³/mol. The molecule has 1 unspecified atom stereocenters. The molecule has 0 saturated heterocycles. The van der Waals surface area contributed by atoms with Crippen LogP contribution in [0.5, 0.6) is 0 Å². The second-order valence-corrected chi connectivity index (χ2v) is 8.18. The van der Waals surface area contributed by atoms with E-state index in [2.05, 4.69) is 10.6 Å². The van der Waals surface area contributed by atoms with E-state index in [9.17, 15) is 9.59 Å². The first-order valence-corrected chi connectivity index (χ1v) is 10.7. The molecule has 2 N–H and O–H groups in total. The van der Waals surface area contributed by atoms with E-state index in [-0.39, 0.29) is 18.0 Å². The van der Waals surface area contributed by atoms with Gasteiger partial charge in [-0.05, 0) is 60.7 Å². The highest BCUT2D eigenvalue weighted by molar-refractivity contribution is 6.31. The van der Waals surface area contributed by atoms with Gasteiger partial charge in [0.1, 0.15) is 6.17 Å². The Morgan fingerprint density at radius 3 is 2.22 bits per heavy atom. The number of halogens is 2. The van der Waals surface area contributed by atoms with Gasteiger partial charge in [0.2, 0.25) is 0 Å². The van der Waals surface area contributed by atoms with Crippen molar-refractivity contribution in [3.8, 4) is 0 Å². The van der Waals surface area contributed by atoms with Crippen molar-refractivity contribution >= 4 is 46.4 Å². The lowest BCUT2D eigenvalue weighted by molar-refractivity contribution is 0.0674. The topological polar surface area (TPSA) is 70.7 Å². The van der Waals surface area contributed by atoms with Crippen LogP contribution in [0, 0.1) is 0 Å². The van der Waals surface area contributed by atoms with E-state index in [1.807, 2.05) is 18.2 Å². The predicted octanol–water partition coefficient (Wildman–Crippen LogP) is 5.46. The minimum Gasteiger partial charge on any atom is -0.383 e. The fraction of sp³-hybridized carbons (Fsp3) is 0.167. The van der Waals surface area contributed by atoms with Crippen LogP contribution in [-0.4, -0.2) is 37.0 Å². The summed E-state index contributed by atoms with van der Waals surface area (Å²) in [5, 5.41) is 7.42. The summed E-state index contributed by atoms with van der Waals surface area (Å²) in [4.78, 5) is 27.6. The summed E-state index contributed by atoms with van der Waals surface area (Å²) in [6, 6.07) is 19.3. The van der Waals surface area contributed by atoms with Gasteiger partial charge in [-0.3, -0.25) is 9.59 Å². The maximum absolute atomic E-state index is 13.2. The van der Waals surface area contributed by atoms with Gasteiger partial charge in [0.05, 0.1) is 6.61 Å². The molecule has 0 aliphatic carbocycles. The number of hydrogen-bond donors (Lipinski definition) is 2. The van der Waals surface area contributed by atoms with Gasteiger partial charge in [-0.1, -0.05) is 29.3 Å². The zero-order chi connectivity index (χ0) is 22.7. The van der Waals surface area contributed by atoms with Crippen LogP contribution >= 0.6 is 23.2 Å². The minimum atomic E-state index is -0.387. The van der Waals surface area contributed by atoms with Crippen LogP contribution in [0.1, 0.15) is 32.4 Å². The van der Waals surface area contributed by atoms with Crippen LogP contribution < -0.4 is 10.6 Å². The Bertz CT molecular complexity index is 1130. The highest BCUT2D eigenvalue weighted by Gasteiger charge is 2.37. The molecular weight excluding hydrogens is 449 g/mol. The van der Waals surface area contributed by atoms with E-state index < -0.39 is 0 Å². The third-order valence-corrected chi connectivity index (χ3v) is 5.70. The zero-order valence-corrected chi connectivity index (χ0v) is 18.8. The molecule has 0 fully saturated rings. The van der Waals surface area contributed by atoms with E-state index in [1.54, 1.807) is 60.5 Å². The van der Waals surface area contributed by atoms with Gasteiger partial charge >= 0.3 is 0 Å². The second kappa shape index (κ2) is 9.61. The number of ether oxygens (including phenoxy) is 1. The first-order valence-electron chi connectivity index (χ1n) is 9.99. The number of amides is 2. The number of carbonyl (C=O) groups excluding carboxylic acids is 2. The number of carbonyl (C=O) groups is 2. The third kappa shape index (κ3) is 4.72. The summed E-state index contributed by atoms with van der Waals surface area (Å²) in [5.74, 6) is -0.467. The number of methoxy groups -OCH3 is 1. The number of anilines is 2. The largest absolute Gasteiger partial charge is 0.383 e. The van der Waals surface area contributed by atoms with Gasteiger partial charge in [0.15, 0.2) is 0 Å². The Kier molecular flexibility index (Phi) is 6.65. The molecule has 4 rings (SSSR count). The molecule has 3 aromatic rings. The lowest BCUT2D eigenvalue weighted by Crippen LogP contribution is -2.34. The van der Waals surface area contributed by atoms with Gasteiger partial charge in [0.25, 0.3) is 11.8 Å². The summed E-state index contributed by atoms with van der Waals surface area (Å²) in [6.45, 7) is 0.796. The fourth-order valence-electron chi connectivity index (χ4n) is 3.58. The quantitative estimate of drug-likeness (QED) is 0.481. The maximum Gasteiger partial charge on any atom is 0.256 e. The van der Waals surface area contributed by atoms with Crippen molar-refractivity contribution < 1.29 is 14.3 Å². The maximum atomic E-state index is 13.2. The Morgan fingerprint density at radius 1 is 0.969 bits per heavy atom. The summed E-state index contributed by atoms with van der Waals surface area (Å²) in [6.07, 6.45) is -0.387. The Balaban J connectivity index is 1.61. The van der Waals surface area contributed by atoms with Crippen molar-refractivity contribution in [3.05, 3.63) is 93.5 Å². The molecule has 0 bridgehead atoms. The van der Waals surface area contributed by atoms with Crippen LogP contribution in [0.3, 0.4) is 0 Å². The van der Waals surface area contributed by atoms with Crippen molar-refractivity contribution in [1.29, 1.82) is 0 Å². The van der Waals surface area contributed by atoms with Gasteiger partial charge in [-0.25, -0.2) is 0 Å². The van der Waals surface area contributed by atoms with Gasteiger partial charge in [-0.2, -0.15) is 0 Å². The van der Waals surface area contributed by atoms with Crippen LogP contribution in [0.2, 0.25) is 10.0 Å². The molecule has 164 valence electrons. The van der Waals surface area contributed by atoms with Gasteiger partial charge in [0, 0.05) is 51.8 Å². The highest BCUT2D eigenvalue weighted by Crippen LogP contribution is 2.35. The lowest BCUT2D eigenvalue weighted by atomic mass is 10.0. The normalized spacial score (nSPS) is 14.9. The van der Waals surface area contributed by atoms with Gasteiger partial charge in [-0.15, -0.1) is 0 Å². The van der Waals surface area contributed by atoms with E-state index in [0.29, 0.717) is 40.0 Å². The molecule has 2 amide bonds. The molecule has 1 atom stereocenters. The standard InChI is InChI=1S/C24H21Cl2N3O3/c1-32-13-12-29-22(27-18-7-3-16(25)4-8-18)20-11-2-15(14-21(20)24(29)31)23(30)28-19-9-5-17(26)6-10-19/h2-11,14,22,27H,12-13H2,1H3,(H,28,30). The molecule has 1 aliphatic heterocycles. The Morgan fingerprint density at radius 2 is 1.59 bits per heavy atom. The molecule has 0 spiro atoms. The Labute approximate surface area is 196 Å². The summed E-state index contributed by atoms with van der Waals surface area (Å²) >= 11 is 11.9. The zero-order valence-electron chi connectivity index (χ0n) is 17.3. The van der Waals surface area contributed by atoms with Crippen LogP contribution in [0.4, 0.5) is 11.4 Å². The molecule has 0 radical (unpaired) electrons. The summed E-state index contributed by atoms with van der Waals surface area (Å²) < 4.78 is 5.19. The lowest BCUT2D eigenvalue weighted by Gasteiger charge is -2.27. The summed E-state index contributed by atoms with van der Waals surface area (Å²) in [7, 11) is 1.59. The van der Waals surface area contributed by atoms with E-state index in [4.69, 9.17) is 27.9 Å². The molecule has 1 aliphatic rings. The second-order valence-electron chi connectivity index (χ2n) is 7.31. The van der Waals surface area contributed by atoms with E-state index in [1.165, 1.54) is 0 Å². The molecule has 0 aromatic heterocycles. The van der Waals surface area contributed by atoms with Crippen molar-refractivity contribution in [1.82, 2.24) is 4.90 Å². The van der Waals surface area contributed by atoms with Crippen LogP contribution in [0.25, 0.3) is 0 Å². The van der Waals surface area contributed by atoms with Crippen molar-refractivity contribution in [2.45, 2.75) is 6.17 Å². The highest BCUT2D eigenvalue weighted by atomic mass is 35.5. The summed E-state index contributed by atoms with van der Waals surface area (Å²) in [5.41, 5.74) is 3.12. The number of nitrogens with zero attached hydrogens (tertiary/aromatic N) is 1. The van der Waals surface area contributed by atoms with Crippen molar-refractivity contribution in [3.63, 3.8) is 0 Å². The third-order valence-electron chi connectivity index (χ3n) is 5.20. The van der Waals surface area contributed by atoms with E-state index in [0.717, 1.165) is 11.3 Å². The monoisotopic (exact) mass is 469 g/mol. The molecule has 32 heavy (non-hydrogen) atoms. The number of fused-ring (bicyclic) bond motifs is 1. The fourth-order valence-corrected chi connectivity index (χ4v) is 3.83. The average Bonchev–Trinajstić information content (AvgIpc) is 3.05. The molecule has 3 aromatic carbocycles. The number of benzene rings is 3. The SMILES string of the molecule is COCCN1C(=O)c2cc(C(=O)Nc3ccc(Cl)cc3)ccc2C1Nc1ccc(Cl)cc1. The molecular formula is C24H21Cl2N3O3. The molecule has 1 heterocycles. The van der Waals surface area contributed by atoms with Crippen molar-refractivity contribution in [2.24, 2.45) is 0 Å². The van der Waals surface area contributed by atoms with Crippen LogP contribution in [0.15, 0.2) is 66.7 Å². The van der Waals surface area contributed by atoms with Crippen LogP contribution in [-0.2, 0) is 4.74 Å². The smallest absolute Gasteiger partial charge is 0.256 e. The Hall–Kier alpha value is -3.06. The van der Waals surface area contributed by atoms with Gasteiger partial charge < -0.3 is 20.3 Å². The number of hydrogen-bond acceptors (Lipinski definition) is 4. The number of nitrogens with one attached hydrogen (secondary N) is 2.